The normalized spacial score (nSPS) is 15.7. The highest BCUT2D eigenvalue weighted by molar-refractivity contribution is 7.22. The molecular formula is C56H50N2O7S. The molecule has 1 fully saturated rings. The molecule has 0 spiro atoms. The number of furan rings is 1. The van der Waals surface area contributed by atoms with Gasteiger partial charge in [-0.3, -0.25) is 0 Å². The third-order valence-corrected chi connectivity index (χ3v) is 14.7. The number of hydrogen-bond acceptors (Lipinski definition) is 8. The molecule has 0 bridgehead atoms. The molecule has 10 heteroatoms. The van der Waals surface area contributed by atoms with Crippen molar-refractivity contribution in [1.29, 1.82) is 0 Å². The van der Waals surface area contributed by atoms with E-state index in [2.05, 4.69) is 51.1 Å². The molecule has 332 valence electrons. The second kappa shape index (κ2) is 17.1. The quantitative estimate of drug-likeness (QED) is 0.130. The summed E-state index contributed by atoms with van der Waals surface area (Å²) < 4.78 is 20.4. The zero-order valence-electron chi connectivity index (χ0n) is 37.8. The average Bonchev–Trinajstić information content (AvgIpc) is 3.84. The molecule has 9 aromatic rings. The van der Waals surface area contributed by atoms with E-state index in [1.54, 1.807) is 23.5 Å². The lowest BCUT2D eigenvalue weighted by atomic mass is 9.88. The zero-order chi connectivity index (χ0) is 46.0. The Labute approximate surface area is 386 Å². The summed E-state index contributed by atoms with van der Waals surface area (Å²) in [6.45, 7) is 12.2. The number of carboxylic acid groups (broad SMARTS) is 2. The highest BCUT2D eigenvalue weighted by Gasteiger charge is 2.26. The third-order valence-electron chi connectivity index (χ3n) is 13.4. The van der Waals surface area contributed by atoms with Crippen LogP contribution in [0.1, 0.15) is 101 Å². The molecule has 4 aromatic heterocycles. The highest BCUT2D eigenvalue weighted by atomic mass is 32.1. The van der Waals surface area contributed by atoms with Crippen LogP contribution in [0.25, 0.3) is 76.0 Å². The zero-order valence-corrected chi connectivity index (χ0v) is 38.6. The summed E-state index contributed by atoms with van der Waals surface area (Å²) >= 11 is 1.62. The van der Waals surface area contributed by atoms with E-state index in [4.69, 9.17) is 23.9 Å². The summed E-state index contributed by atoms with van der Waals surface area (Å²) in [4.78, 5) is 37.0. The first-order valence-electron chi connectivity index (χ1n) is 22.7. The SMILES string of the molecule is CCc1ccc(O[C@H]2CCC[C@@H](C)C2)c2c(C(=O)O)cc(-c3sc4ccc(-c5ccc([C@H](C)Oc6ccc(C)c7nc(-c8oc9ccccc9c8C)cc(C(=O)O)c67)cc5)cc4c3C)nc12. The maximum absolute atomic E-state index is 13.0. The molecule has 0 radical (unpaired) electrons. The van der Waals surface area contributed by atoms with Gasteiger partial charge < -0.3 is 24.1 Å². The van der Waals surface area contributed by atoms with E-state index in [1.165, 1.54) is 6.42 Å². The van der Waals surface area contributed by atoms with Crippen LogP contribution in [-0.2, 0) is 6.42 Å². The van der Waals surface area contributed by atoms with Crippen molar-refractivity contribution in [3.05, 3.63) is 142 Å². The summed E-state index contributed by atoms with van der Waals surface area (Å²) in [5, 5.41) is 24.2. The predicted molar refractivity (Wildman–Crippen MR) is 264 cm³/mol. The molecule has 4 heterocycles. The van der Waals surface area contributed by atoms with Crippen molar-refractivity contribution in [1.82, 2.24) is 9.97 Å². The van der Waals surface area contributed by atoms with Crippen molar-refractivity contribution >= 4 is 66.1 Å². The monoisotopic (exact) mass is 894 g/mol. The molecule has 3 atom stereocenters. The first-order chi connectivity index (χ1) is 31.9. The molecule has 9 nitrogen and oxygen atoms in total. The van der Waals surface area contributed by atoms with Crippen molar-refractivity contribution in [3.8, 4) is 44.7 Å². The van der Waals surface area contributed by atoms with Gasteiger partial charge in [-0.1, -0.05) is 80.9 Å². The van der Waals surface area contributed by atoms with Crippen molar-refractivity contribution in [2.45, 2.75) is 85.9 Å². The fourth-order valence-electron chi connectivity index (χ4n) is 9.79. The van der Waals surface area contributed by atoms with Crippen LogP contribution < -0.4 is 9.47 Å². The standard InChI is InChI=1S/C56H50N2O7S/c1-7-34-20-23-47(64-38-12-10-11-29(2)25-38)50-42(56(61)62)28-44(58-52(34)50)54-32(5)40-26-37(21-24-48(40)66-54)36-18-16-35(17-19-36)33(6)63-46-22-15-30(3)51-49(46)41(55(59)60)27-43(57-51)53-31(4)39-13-8-9-14-45(39)65-53/h8-9,13-24,26-29,33,38H,7,10-12,25H2,1-6H3,(H,59,60)(H,61,62)/t29-,33+,38+/m1/s1. The molecule has 66 heavy (non-hydrogen) atoms. The second-order valence-corrected chi connectivity index (χ2v) is 18.9. The Hall–Kier alpha value is -7.04. The molecule has 1 saturated carbocycles. The molecule has 0 amide bonds. The highest BCUT2D eigenvalue weighted by Crippen LogP contribution is 2.43. The lowest BCUT2D eigenvalue weighted by molar-refractivity contribution is 0.0687. The summed E-state index contributed by atoms with van der Waals surface area (Å²) in [5.41, 5.74) is 10.1. The van der Waals surface area contributed by atoms with Gasteiger partial charge in [0.1, 0.15) is 28.9 Å². The Balaban J connectivity index is 0.941. The number of pyridine rings is 2. The maximum atomic E-state index is 13.0. The van der Waals surface area contributed by atoms with Crippen LogP contribution in [0, 0.1) is 26.7 Å². The minimum atomic E-state index is -1.08. The van der Waals surface area contributed by atoms with Crippen molar-refractivity contribution in [2.75, 3.05) is 0 Å². The number of hydrogen-bond donors (Lipinski definition) is 2. The molecule has 10 rings (SSSR count). The van der Waals surface area contributed by atoms with Gasteiger partial charge in [0, 0.05) is 15.6 Å². The lowest BCUT2D eigenvalue weighted by Crippen LogP contribution is -2.24. The number of para-hydroxylation sites is 1. The van der Waals surface area contributed by atoms with Crippen molar-refractivity contribution < 1.29 is 33.7 Å². The number of rotatable bonds is 11. The summed E-state index contributed by atoms with van der Waals surface area (Å²) in [6, 6.07) is 33.4. The predicted octanol–water partition coefficient (Wildman–Crippen LogP) is 14.7. The van der Waals surface area contributed by atoms with Gasteiger partial charge in [-0.15, -0.1) is 11.3 Å². The van der Waals surface area contributed by atoms with E-state index >= 15 is 0 Å². The minimum Gasteiger partial charge on any atom is -0.490 e. The van der Waals surface area contributed by atoms with Crippen LogP contribution in [0.4, 0.5) is 0 Å². The third kappa shape index (κ3) is 7.62. The number of benzene rings is 5. The molecule has 1 aliphatic rings. The number of carbonyl (C=O) groups is 2. The summed E-state index contributed by atoms with van der Waals surface area (Å²) in [6.07, 6.45) is 4.57. The molecule has 0 aliphatic heterocycles. The Morgan fingerprint density at radius 3 is 2.20 bits per heavy atom. The molecule has 0 saturated heterocycles. The van der Waals surface area contributed by atoms with E-state index in [0.717, 1.165) is 84.1 Å². The van der Waals surface area contributed by atoms with Crippen LogP contribution >= 0.6 is 11.3 Å². The number of ether oxygens (including phenoxy) is 2. The van der Waals surface area contributed by atoms with Crippen LogP contribution in [0.2, 0.25) is 0 Å². The number of aryl methyl sites for hydroxylation is 4. The number of fused-ring (bicyclic) bond motifs is 4. The summed E-state index contributed by atoms with van der Waals surface area (Å²) in [7, 11) is 0. The van der Waals surface area contributed by atoms with Gasteiger partial charge in [-0.05, 0) is 141 Å². The maximum Gasteiger partial charge on any atom is 0.336 e. The minimum absolute atomic E-state index is 0.0543. The topological polar surface area (TPSA) is 132 Å². The van der Waals surface area contributed by atoms with Gasteiger partial charge in [0.15, 0.2) is 5.76 Å². The van der Waals surface area contributed by atoms with Gasteiger partial charge in [0.2, 0.25) is 0 Å². The Bertz CT molecular complexity index is 3400. The van der Waals surface area contributed by atoms with Gasteiger partial charge in [-0.25, -0.2) is 19.6 Å². The van der Waals surface area contributed by atoms with Gasteiger partial charge in [0.05, 0.1) is 49.6 Å². The van der Waals surface area contributed by atoms with Gasteiger partial charge in [-0.2, -0.15) is 0 Å². The van der Waals surface area contributed by atoms with E-state index < -0.39 is 18.0 Å². The number of aromatic carboxylic acids is 2. The number of aromatic nitrogens is 2. The van der Waals surface area contributed by atoms with E-state index in [9.17, 15) is 19.8 Å². The Morgan fingerprint density at radius 1 is 0.773 bits per heavy atom. The van der Waals surface area contributed by atoms with E-state index in [0.29, 0.717) is 62.8 Å². The Kier molecular flexibility index (Phi) is 11.1. The van der Waals surface area contributed by atoms with Crippen LogP contribution in [-0.4, -0.2) is 38.2 Å². The van der Waals surface area contributed by atoms with E-state index in [-0.39, 0.29) is 17.2 Å². The fraction of sp³-hybridized carbons (Fsp3) is 0.250. The average molecular weight is 895 g/mol. The largest absolute Gasteiger partial charge is 0.490 e. The first kappa shape index (κ1) is 42.9. The number of carboxylic acids is 2. The molecular weight excluding hydrogens is 845 g/mol. The smallest absolute Gasteiger partial charge is 0.336 e. The molecule has 1 aliphatic carbocycles. The van der Waals surface area contributed by atoms with Crippen LogP contribution in [0.15, 0.2) is 108 Å². The van der Waals surface area contributed by atoms with Crippen LogP contribution in [0.3, 0.4) is 0 Å². The van der Waals surface area contributed by atoms with E-state index in [1.807, 2.05) is 81.4 Å². The molecule has 2 N–H and O–H groups in total. The second-order valence-electron chi connectivity index (χ2n) is 17.8. The van der Waals surface area contributed by atoms with Crippen molar-refractivity contribution in [3.63, 3.8) is 0 Å². The van der Waals surface area contributed by atoms with Crippen molar-refractivity contribution in [2.24, 2.45) is 5.92 Å². The fourth-order valence-corrected chi connectivity index (χ4v) is 10.9. The van der Waals surface area contributed by atoms with Gasteiger partial charge >= 0.3 is 11.9 Å². The molecule has 5 aromatic carbocycles. The van der Waals surface area contributed by atoms with Crippen LogP contribution in [0.5, 0.6) is 11.5 Å². The lowest BCUT2D eigenvalue weighted by Gasteiger charge is -2.28. The molecule has 0 unspecified atom stereocenters. The number of nitrogens with zero attached hydrogens (tertiary/aromatic N) is 2. The van der Waals surface area contributed by atoms with Gasteiger partial charge in [0.25, 0.3) is 0 Å². The Morgan fingerprint density at radius 2 is 1.47 bits per heavy atom. The summed E-state index contributed by atoms with van der Waals surface area (Å²) in [5.74, 6) is 0.0664. The first-order valence-corrected chi connectivity index (χ1v) is 23.5. The number of thiophene rings is 1.